The van der Waals surface area contributed by atoms with Crippen molar-refractivity contribution in [1.29, 1.82) is 0 Å². The highest BCUT2D eigenvalue weighted by Crippen LogP contribution is 2.41. The SMILES string of the molecule is CCN1C(=S)N[C@H](c2ccccn2)[C@H]1c1cc(C)n(-c2cccnc2)c1C. The van der Waals surface area contributed by atoms with E-state index in [0.717, 1.165) is 23.0 Å². The van der Waals surface area contributed by atoms with Gasteiger partial charge in [0, 0.05) is 30.3 Å². The van der Waals surface area contributed by atoms with Crippen LogP contribution in [0.1, 0.15) is 41.7 Å². The molecular formula is C21H23N5S. The lowest BCUT2D eigenvalue weighted by Gasteiger charge is -2.27. The second-order valence-corrected chi connectivity index (χ2v) is 7.17. The van der Waals surface area contributed by atoms with Crippen molar-refractivity contribution < 1.29 is 0 Å². The van der Waals surface area contributed by atoms with Crippen molar-refractivity contribution in [3.05, 3.63) is 77.6 Å². The average molecular weight is 378 g/mol. The summed E-state index contributed by atoms with van der Waals surface area (Å²) in [6, 6.07) is 12.5. The van der Waals surface area contributed by atoms with E-state index in [0.29, 0.717) is 0 Å². The van der Waals surface area contributed by atoms with Crippen LogP contribution in [-0.2, 0) is 0 Å². The molecule has 6 heteroatoms. The summed E-state index contributed by atoms with van der Waals surface area (Å²) in [5.74, 6) is 0. The number of pyridine rings is 2. The van der Waals surface area contributed by atoms with Gasteiger partial charge in [-0.25, -0.2) is 0 Å². The van der Waals surface area contributed by atoms with Gasteiger partial charge in [-0.3, -0.25) is 9.97 Å². The Balaban J connectivity index is 1.84. The Bertz CT molecular complexity index is 951. The van der Waals surface area contributed by atoms with Crippen LogP contribution in [0.4, 0.5) is 0 Å². The maximum Gasteiger partial charge on any atom is 0.170 e. The number of nitrogens with zero attached hydrogens (tertiary/aromatic N) is 4. The maximum absolute atomic E-state index is 5.64. The van der Waals surface area contributed by atoms with Gasteiger partial charge in [0.05, 0.1) is 29.7 Å². The Kier molecular flexibility index (Phi) is 4.66. The summed E-state index contributed by atoms with van der Waals surface area (Å²) < 4.78 is 2.26. The number of nitrogens with one attached hydrogen (secondary N) is 1. The lowest BCUT2D eigenvalue weighted by Crippen LogP contribution is -2.29. The number of hydrogen-bond donors (Lipinski definition) is 1. The molecule has 0 amide bonds. The van der Waals surface area contributed by atoms with E-state index in [-0.39, 0.29) is 12.1 Å². The zero-order valence-electron chi connectivity index (χ0n) is 15.8. The molecule has 0 aliphatic carbocycles. The molecule has 3 aromatic rings. The average Bonchev–Trinajstić information content (AvgIpc) is 3.18. The predicted octanol–water partition coefficient (Wildman–Crippen LogP) is 3.88. The van der Waals surface area contributed by atoms with E-state index in [2.05, 4.69) is 63.7 Å². The molecule has 138 valence electrons. The quantitative estimate of drug-likeness (QED) is 0.699. The monoisotopic (exact) mass is 377 g/mol. The molecule has 1 fully saturated rings. The lowest BCUT2D eigenvalue weighted by molar-refractivity contribution is 0.329. The third-order valence-electron chi connectivity index (χ3n) is 5.23. The third-order valence-corrected chi connectivity index (χ3v) is 5.58. The number of rotatable bonds is 4. The van der Waals surface area contributed by atoms with E-state index < -0.39 is 0 Å². The van der Waals surface area contributed by atoms with Crippen molar-refractivity contribution in [2.24, 2.45) is 0 Å². The van der Waals surface area contributed by atoms with E-state index >= 15 is 0 Å². The molecule has 0 bridgehead atoms. The van der Waals surface area contributed by atoms with E-state index in [4.69, 9.17) is 12.2 Å². The number of hydrogen-bond acceptors (Lipinski definition) is 3. The van der Waals surface area contributed by atoms with Gasteiger partial charge >= 0.3 is 0 Å². The summed E-state index contributed by atoms with van der Waals surface area (Å²) in [6.45, 7) is 7.29. The molecule has 2 atom stereocenters. The number of aromatic nitrogens is 3. The van der Waals surface area contributed by atoms with Crippen LogP contribution in [0.15, 0.2) is 55.0 Å². The molecule has 4 heterocycles. The van der Waals surface area contributed by atoms with Crippen LogP contribution in [-0.4, -0.2) is 31.1 Å². The molecule has 1 aliphatic heterocycles. The van der Waals surface area contributed by atoms with Gasteiger partial charge in [-0.1, -0.05) is 6.07 Å². The zero-order chi connectivity index (χ0) is 19.0. The molecule has 1 N–H and O–H groups in total. The molecule has 0 unspecified atom stereocenters. The maximum atomic E-state index is 5.64. The van der Waals surface area contributed by atoms with Crippen molar-refractivity contribution in [3.63, 3.8) is 0 Å². The summed E-state index contributed by atoms with van der Waals surface area (Å²) in [5.41, 5.74) is 5.73. The summed E-state index contributed by atoms with van der Waals surface area (Å²) in [5, 5.41) is 4.27. The fourth-order valence-electron chi connectivity index (χ4n) is 4.05. The first-order valence-corrected chi connectivity index (χ1v) is 9.60. The molecular weight excluding hydrogens is 354 g/mol. The first-order valence-electron chi connectivity index (χ1n) is 9.19. The van der Waals surface area contributed by atoms with Crippen molar-refractivity contribution in [2.45, 2.75) is 32.9 Å². The van der Waals surface area contributed by atoms with Gasteiger partial charge < -0.3 is 14.8 Å². The summed E-state index contributed by atoms with van der Waals surface area (Å²) >= 11 is 5.64. The van der Waals surface area contributed by atoms with Gasteiger partial charge in [0.25, 0.3) is 0 Å². The largest absolute Gasteiger partial charge is 0.352 e. The number of likely N-dealkylation sites (N-methyl/N-ethyl adjacent to an activating group) is 1. The Morgan fingerprint density at radius 1 is 1.15 bits per heavy atom. The molecule has 1 aliphatic rings. The number of thiocarbonyl (C=S) groups is 1. The van der Waals surface area contributed by atoms with Crippen LogP contribution in [0.5, 0.6) is 0 Å². The highest BCUT2D eigenvalue weighted by atomic mass is 32.1. The molecule has 0 spiro atoms. The van der Waals surface area contributed by atoms with Crippen LogP contribution < -0.4 is 5.32 Å². The van der Waals surface area contributed by atoms with Crippen LogP contribution >= 0.6 is 12.2 Å². The van der Waals surface area contributed by atoms with Crippen LogP contribution in [0.2, 0.25) is 0 Å². The van der Waals surface area contributed by atoms with Crippen molar-refractivity contribution in [1.82, 2.24) is 24.8 Å². The molecule has 1 saturated heterocycles. The Morgan fingerprint density at radius 2 is 2.00 bits per heavy atom. The second kappa shape index (κ2) is 7.12. The topological polar surface area (TPSA) is 46.0 Å². The fourth-order valence-corrected chi connectivity index (χ4v) is 4.42. The molecule has 4 rings (SSSR count). The van der Waals surface area contributed by atoms with Gasteiger partial charge in [-0.15, -0.1) is 0 Å². The first-order chi connectivity index (χ1) is 13.1. The first kappa shape index (κ1) is 17.7. The molecule has 0 saturated carbocycles. The Morgan fingerprint density at radius 3 is 2.67 bits per heavy atom. The lowest BCUT2D eigenvalue weighted by atomic mass is 9.97. The third kappa shape index (κ3) is 3.00. The minimum Gasteiger partial charge on any atom is -0.352 e. The summed E-state index contributed by atoms with van der Waals surface area (Å²) in [6.07, 6.45) is 5.54. The summed E-state index contributed by atoms with van der Waals surface area (Å²) in [4.78, 5) is 11.1. The van der Waals surface area contributed by atoms with Crippen molar-refractivity contribution >= 4 is 17.3 Å². The zero-order valence-corrected chi connectivity index (χ0v) is 16.6. The second-order valence-electron chi connectivity index (χ2n) is 6.79. The van der Waals surface area contributed by atoms with E-state index in [1.807, 2.05) is 30.6 Å². The van der Waals surface area contributed by atoms with Crippen LogP contribution in [0, 0.1) is 13.8 Å². The van der Waals surface area contributed by atoms with Crippen molar-refractivity contribution in [2.75, 3.05) is 6.54 Å². The molecule has 3 aromatic heterocycles. The minimum absolute atomic E-state index is 0.0292. The van der Waals surface area contributed by atoms with Gasteiger partial charge in [-0.2, -0.15) is 0 Å². The standard InChI is InChI=1S/C21H23N5S/c1-4-25-20(19(24-21(25)27)18-9-5-6-11-23-18)17-12-14(2)26(15(17)3)16-8-7-10-22-13-16/h5-13,19-20H,4H2,1-3H3,(H,24,27)/t19-,20-/m1/s1. The Hall–Kier alpha value is -2.73. The smallest absolute Gasteiger partial charge is 0.170 e. The highest BCUT2D eigenvalue weighted by molar-refractivity contribution is 7.80. The fraction of sp³-hybridized carbons (Fsp3) is 0.286. The van der Waals surface area contributed by atoms with Gasteiger partial charge in [0.2, 0.25) is 0 Å². The molecule has 0 radical (unpaired) electrons. The van der Waals surface area contributed by atoms with E-state index in [1.54, 1.807) is 6.20 Å². The Labute approximate surface area is 165 Å². The van der Waals surface area contributed by atoms with E-state index in [9.17, 15) is 0 Å². The normalized spacial score (nSPS) is 19.4. The van der Waals surface area contributed by atoms with Gasteiger partial charge in [0.15, 0.2) is 5.11 Å². The summed E-state index contributed by atoms with van der Waals surface area (Å²) in [7, 11) is 0. The highest BCUT2D eigenvalue weighted by Gasteiger charge is 2.40. The van der Waals surface area contributed by atoms with Crippen LogP contribution in [0.3, 0.4) is 0 Å². The van der Waals surface area contributed by atoms with Gasteiger partial charge in [-0.05, 0) is 68.9 Å². The molecule has 5 nitrogen and oxygen atoms in total. The van der Waals surface area contributed by atoms with Crippen LogP contribution in [0.25, 0.3) is 5.69 Å². The minimum atomic E-state index is 0.0292. The molecule has 0 aromatic carbocycles. The molecule has 27 heavy (non-hydrogen) atoms. The van der Waals surface area contributed by atoms with Crippen molar-refractivity contribution in [3.8, 4) is 5.69 Å². The van der Waals surface area contributed by atoms with Gasteiger partial charge in [0.1, 0.15) is 0 Å². The number of aryl methyl sites for hydroxylation is 1. The van der Waals surface area contributed by atoms with E-state index in [1.165, 1.54) is 17.0 Å². The predicted molar refractivity (Wildman–Crippen MR) is 111 cm³/mol.